The number of rotatable bonds is 5. The smallest absolute Gasteiger partial charge is 0.177 e. The number of Topliss-reactive ketones (excluding diaryl/α,β-unsaturated/α-hetero) is 1. The van der Waals surface area contributed by atoms with Crippen molar-refractivity contribution in [2.75, 3.05) is 13.1 Å². The van der Waals surface area contributed by atoms with Crippen LogP contribution in [-0.2, 0) is 0 Å². The van der Waals surface area contributed by atoms with Crippen LogP contribution in [0.3, 0.4) is 0 Å². The first-order chi connectivity index (χ1) is 8.33. The van der Waals surface area contributed by atoms with Crippen LogP contribution >= 0.6 is 0 Å². The molecule has 0 atom stereocenters. The Morgan fingerprint density at radius 2 is 1.94 bits per heavy atom. The predicted molar refractivity (Wildman–Crippen MR) is 71.3 cm³/mol. The van der Waals surface area contributed by atoms with Crippen LogP contribution in [0.15, 0.2) is 55.1 Å². The van der Waals surface area contributed by atoms with E-state index < -0.39 is 0 Å². The summed E-state index contributed by atoms with van der Waals surface area (Å²) in [4.78, 5) is 12.0. The maximum absolute atomic E-state index is 12.0. The monoisotopic (exact) mass is 225 g/mol. The number of hydrogen-bond acceptors (Lipinski definition) is 2. The Hall–Kier alpha value is -1.93. The Labute approximate surface area is 101 Å². The number of benzene rings is 2. The minimum atomic E-state index is 0.114. The van der Waals surface area contributed by atoms with Crippen LogP contribution < -0.4 is 5.32 Å². The molecule has 1 N–H and O–H groups in total. The van der Waals surface area contributed by atoms with E-state index in [1.165, 1.54) is 0 Å². The zero-order chi connectivity index (χ0) is 12.1. The molecule has 0 saturated carbocycles. The fraction of sp³-hybridized carbons (Fsp3) is 0.133. The Balaban J connectivity index is 2.28. The number of carbonyl (C=O) groups is 1. The molecule has 0 aliphatic heterocycles. The predicted octanol–water partition coefficient (Wildman–Crippen LogP) is 2.80. The summed E-state index contributed by atoms with van der Waals surface area (Å²) in [6, 6.07) is 13.7. The molecular formula is C15H15NO. The average Bonchev–Trinajstić information content (AvgIpc) is 2.38. The molecule has 0 spiro atoms. The van der Waals surface area contributed by atoms with Crippen LogP contribution in [0, 0.1) is 0 Å². The molecule has 0 aliphatic carbocycles. The average molecular weight is 225 g/mol. The van der Waals surface area contributed by atoms with E-state index in [0.29, 0.717) is 13.1 Å². The molecule has 0 bridgehead atoms. The van der Waals surface area contributed by atoms with Gasteiger partial charge in [0.2, 0.25) is 0 Å². The first kappa shape index (κ1) is 11.6. The number of ketones is 1. The van der Waals surface area contributed by atoms with Gasteiger partial charge in [-0.1, -0.05) is 48.5 Å². The molecule has 0 radical (unpaired) electrons. The van der Waals surface area contributed by atoms with E-state index in [-0.39, 0.29) is 5.78 Å². The minimum Gasteiger partial charge on any atom is -0.306 e. The van der Waals surface area contributed by atoms with E-state index >= 15 is 0 Å². The summed E-state index contributed by atoms with van der Waals surface area (Å²) in [6.07, 6.45) is 1.75. The van der Waals surface area contributed by atoms with E-state index in [1.54, 1.807) is 6.08 Å². The van der Waals surface area contributed by atoms with Gasteiger partial charge in [-0.3, -0.25) is 4.79 Å². The Morgan fingerprint density at radius 3 is 2.76 bits per heavy atom. The van der Waals surface area contributed by atoms with Gasteiger partial charge in [0.05, 0.1) is 6.54 Å². The van der Waals surface area contributed by atoms with E-state index in [4.69, 9.17) is 0 Å². The van der Waals surface area contributed by atoms with E-state index in [9.17, 15) is 4.79 Å². The fourth-order valence-electron chi connectivity index (χ4n) is 1.85. The van der Waals surface area contributed by atoms with Crippen molar-refractivity contribution in [3.8, 4) is 0 Å². The highest BCUT2D eigenvalue weighted by atomic mass is 16.1. The summed E-state index contributed by atoms with van der Waals surface area (Å²) in [5.74, 6) is 0.114. The lowest BCUT2D eigenvalue weighted by Crippen LogP contribution is -2.23. The van der Waals surface area contributed by atoms with Gasteiger partial charge in [0, 0.05) is 12.1 Å². The summed E-state index contributed by atoms with van der Waals surface area (Å²) in [5, 5.41) is 5.14. The van der Waals surface area contributed by atoms with Gasteiger partial charge < -0.3 is 5.32 Å². The molecule has 2 aromatic rings. The summed E-state index contributed by atoms with van der Waals surface area (Å²) >= 11 is 0. The van der Waals surface area contributed by atoms with Gasteiger partial charge >= 0.3 is 0 Å². The summed E-state index contributed by atoms with van der Waals surface area (Å²) < 4.78 is 0. The summed E-state index contributed by atoms with van der Waals surface area (Å²) in [5.41, 5.74) is 0.777. The molecule has 2 rings (SSSR count). The molecule has 0 saturated heterocycles. The highest BCUT2D eigenvalue weighted by Crippen LogP contribution is 2.18. The van der Waals surface area contributed by atoms with E-state index in [2.05, 4.69) is 11.9 Å². The number of fused-ring (bicyclic) bond motifs is 1. The third-order valence-electron chi connectivity index (χ3n) is 2.66. The van der Waals surface area contributed by atoms with Crippen molar-refractivity contribution in [2.24, 2.45) is 0 Å². The molecule has 2 nitrogen and oxygen atoms in total. The molecule has 0 fully saturated rings. The largest absolute Gasteiger partial charge is 0.306 e. The molecule has 2 heteroatoms. The molecule has 0 heterocycles. The van der Waals surface area contributed by atoms with Gasteiger partial charge in [-0.05, 0) is 10.8 Å². The van der Waals surface area contributed by atoms with E-state index in [1.807, 2.05) is 42.5 Å². The van der Waals surface area contributed by atoms with Crippen LogP contribution in [0.2, 0.25) is 0 Å². The standard InChI is InChI=1S/C15H15NO/c1-2-10-16-11-15(17)14-9-5-7-12-6-3-4-8-13(12)14/h2-9,16H,1,10-11H2. The molecule has 2 aromatic carbocycles. The normalized spacial score (nSPS) is 10.4. The molecule has 0 amide bonds. The zero-order valence-electron chi connectivity index (χ0n) is 9.65. The summed E-state index contributed by atoms with van der Waals surface area (Å²) in [6.45, 7) is 4.60. The topological polar surface area (TPSA) is 29.1 Å². The Kier molecular flexibility index (Phi) is 3.68. The van der Waals surface area contributed by atoms with Crippen LogP contribution in [-0.4, -0.2) is 18.9 Å². The number of hydrogen-bond donors (Lipinski definition) is 1. The van der Waals surface area contributed by atoms with Crippen LogP contribution in [0.5, 0.6) is 0 Å². The highest BCUT2D eigenvalue weighted by Gasteiger charge is 2.08. The van der Waals surface area contributed by atoms with Crippen molar-refractivity contribution in [1.29, 1.82) is 0 Å². The molecule has 0 aromatic heterocycles. The molecule has 0 aliphatic rings. The van der Waals surface area contributed by atoms with Crippen LogP contribution in [0.25, 0.3) is 10.8 Å². The van der Waals surface area contributed by atoms with Crippen molar-refractivity contribution < 1.29 is 4.79 Å². The molecule has 0 unspecified atom stereocenters. The number of nitrogens with one attached hydrogen (secondary N) is 1. The van der Waals surface area contributed by atoms with Gasteiger partial charge in [0.15, 0.2) is 5.78 Å². The minimum absolute atomic E-state index is 0.114. The second-order valence-electron chi connectivity index (χ2n) is 3.87. The molecular weight excluding hydrogens is 210 g/mol. The number of carbonyl (C=O) groups excluding carboxylic acids is 1. The SMILES string of the molecule is C=CCNCC(=O)c1cccc2ccccc12. The maximum atomic E-state index is 12.0. The quantitative estimate of drug-likeness (QED) is 0.481. The molecule has 17 heavy (non-hydrogen) atoms. The van der Waals surface area contributed by atoms with Crippen molar-refractivity contribution in [1.82, 2.24) is 5.32 Å². The first-order valence-corrected chi connectivity index (χ1v) is 5.65. The second-order valence-corrected chi connectivity index (χ2v) is 3.87. The van der Waals surface area contributed by atoms with Crippen molar-refractivity contribution in [3.05, 3.63) is 60.7 Å². The lowest BCUT2D eigenvalue weighted by atomic mass is 10.0. The van der Waals surface area contributed by atoms with Crippen molar-refractivity contribution >= 4 is 16.6 Å². The van der Waals surface area contributed by atoms with Gasteiger partial charge in [0.25, 0.3) is 0 Å². The maximum Gasteiger partial charge on any atom is 0.177 e. The van der Waals surface area contributed by atoms with Gasteiger partial charge in [-0.25, -0.2) is 0 Å². The van der Waals surface area contributed by atoms with Crippen molar-refractivity contribution in [3.63, 3.8) is 0 Å². The van der Waals surface area contributed by atoms with Crippen LogP contribution in [0.1, 0.15) is 10.4 Å². The lowest BCUT2D eigenvalue weighted by Gasteiger charge is -2.05. The Bertz CT molecular complexity index is 540. The molecule has 86 valence electrons. The Morgan fingerprint density at radius 1 is 1.18 bits per heavy atom. The van der Waals surface area contributed by atoms with Gasteiger partial charge in [-0.2, -0.15) is 0 Å². The fourth-order valence-corrected chi connectivity index (χ4v) is 1.85. The second kappa shape index (κ2) is 5.41. The third kappa shape index (κ3) is 2.60. The zero-order valence-corrected chi connectivity index (χ0v) is 9.65. The van der Waals surface area contributed by atoms with Crippen LogP contribution in [0.4, 0.5) is 0 Å². The highest BCUT2D eigenvalue weighted by molar-refractivity contribution is 6.08. The van der Waals surface area contributed by atoms with Gasteiger partial charge in [-0.15, -0.1) is 6.58 Å². The third-order valence-corrected chi connectivity index (χ3v) is 2.66. The summed E-state index contributed by atoms with van der Waals surface area (Å²) in [7, 11) is 0. The lowest BCUT2D eigenvalue weighted by molar-refractivity contribution is 0.0994. The van der Waals surface area contributed by atoms with Gasteiger partial charge in [0.1, 0.15) is 0 Å². The van der Waals surface area contributed by atoms with Crippen molar-refractivity contribution in [2.45, 2.75) is 0 Å². The van der Waals surface area contributed by atoms with E-state index in [0.717, 1.165) is 16.3 Å². The first-order valence-electron chi connectivity index (χ1n) is 5.65.